The number of hydrogen-bond acceptors (Lipinski definition) is 6. The van der Waals surface area contributed by atoms with Crippen LogP contribution in [0, 0.1) is 5.41 Å². The number of para-hydroxylation sites is 1. The molecule has 0 amide bonds. The van der Waals surface area contributed by atoms with Crippen molar-refractivity contribution in [3.05, 3.63) is 29.3 Å². The highest BCUT2D eigenvalue weighted by Gasteiger charge is 2.34. The lowest BCUT2D eigenvalue weighted by Crippen LogP contribution is -2.24. The van der Waals surface area contributed by atoms with Gasteiger partial charge in [0.2, 0.25) is 0 Å². The van der Waals surface area contributed by atoms with Crippen molar-refractivity contribution in [1.29, 1.82) is 0 Å². The first-order chi connectivity index (χ1) is 10.7. The average Bonchev–Trinajstić information content (AvgIpc) is 2.51. The zero-order valence-electron chi connectivity index (χ0n) is 13.3. The smallest absolute Gasteiger partial charge is 0.480 e. The predicted octanol–water partition coefficient (Wildman–Crippen LogP) is 3.39. The second-order valence-electron chi connectivity index (χ2n) is 5.69. The monoisotopic (exact) mass is 363 g/mol. The summed E-state index contributed by atoms with van der Waals surface area (Å²) < 4.78 is 27.3. The maximum atomic E-state index is 11.9. The average molecular weight is 364 g/mol. The van der Waals surface area contributed by atoms with E-state index in [1.54, 1.807) is 38.1 Å². The number of esters is 1. The van der Waals surface area contributed by atoms with Crippen LogP contribution in [0.5, 0.6) is 5.75 Å². The van der Waals surface area contributed by atoms with Crippen molar-refractivity contribution in [3.8, 4) is 5.75 Å². The van der Waals surface area contributed by atoms with E-state index in [9.17, 15) is 9.36 Å². The lowest BCUT2D eigenvalue weighted by atomic mass is 9.97. The first kappa shape index (κ1) is 19.8. The van der Waals surface area contributed by atoms with Gasteiger partial charge in [-0.15, -0.1) is 4.52 Å². The van der Waals surface area contributed by atoms with Crippen LogP contribution >= 0.6 is 19.6 Å². The number of hydrogen-bond donors (Lipinski definition) is 1. The SMILES string of the molecule is CC(OC(=O)COc1ccccc1Cl)[P+](=O)OCC(C)(C)CO. The highest BCUT2D eigenvalue weighted by molar-refractivity contribution is 7.39. The number of aliphatic hydroxyl groups excluding tert-OH is 1. The number of benzene rings is 1. The molecule has 1 rings (SSSR count). The van der Waals surface area contributed by atoms with E-state index >= 15 is 0 Å². The van der Waals surface area contributed by atoms with Crippen molar-refractivity contribution in [3.63, 3.8) is 0 Å². The zero-order chi connectivity index (χ0) is 17.5. The van der Waals surface area contributed by atoms with Gasteiger partial charge in [-0.05, 0) is 16.7 Å². The molecule has 2 unspecified atom stereocenters. The molecule has 0 radical (unpaired) electrons. The molecule has 0 aliphatic heterocycles. The van der Waals surface area contributed by atoms with Crippen molar-refractivity contribution < 1.29 is 28.5 Å². The number of rotatable bonds is 9. The van der Waals surface area contributed by atoms with Crippen LogP contribution in [0.25, 0.3) is 0 Å². The highest BCUT2D eigenvalue weighted by Crippen LogP contribution is 2.33. The van der Waals surface area contributed by atoms with E-state index in [-0.39, 0.29) is 19.8 Å². The second kappa shape index (κ2) is 9.18. The minimum atomic E-state index is -2.20. The molecule has 0 saturated carbocycles. The van der Waals surface area contributed by atoms with E-state index in [0.29, 0.717) is 10.8 Å². The molecule has 1 aromatic carbocycles. The normalized spacial score (nSPS) is 13.3. The molecule has 6 nitrogen and oxygen atoms in total. The van der Waals surface area contributed by atoms with Gasteiger partial charge in [0.05, 0.1) is 11.6 Å². The summed E-state index contributed by atoms with van der Waals surface area (Å²) in [6.07, 6.45) is 0. The van der Waals surface area contributed by atoms with Crippen LogP contribution in [0.3, 0.4) is 0 Å². The fourth-order valence-electron chi connectivity index (χ4n) is 1.35. The summed E-state index contributed by atoms with van der Waals surface area (Å²) in [7, 11) is -2.20. The van der Waals surface area contributed by atoms with E-state index in [1.165, 1.54) is 6.92 Å². The van der Waals surface area contributed by atoms with Crippen LogP contribution in [-0.4, -0.2) is 36.7 Å². The van der Waals surface area contributed by atoms with Crippen molar-refractivity contribution in [2.45, 2.75) is 26.6 Å². The van der Waals surface area contributed by atoms with Crippen molar-refractivity contribution >= 4 is 25.6 Å². The highest BCUT2D eigenvalue weighted by atomic mass is 35.5. The van der Waals surface area contributed by atoms with Gasteiger partial charge in [-0.3, -0.25) is 0 Å². The molecular formula is C15H21ClO6P+. The Bertz CT molecular complexity index is 549. The van der Waals surface area contributed by atoms with Crippen molar-refractivity contribution in [1.82, 2.24) is 0 Å². The summed E-state index contributed by atoms with van der Waals surface area (Å²) in [5.74, 6) is -1.23. The number of halogens is 1. The van der Waals surface area contributed by atoms with E-state index in [2.05, 4.69) is 0 Å². The van der Waals surface area contributed by atoms with E-state index < -0.39 is 25.3 Å². The number of aliphatic hydroxyl groups is 1. The van der Waals surface area contributed by atoms with Crippen LogP contribution in [-0.2, 0) is 18.6 Å². The van der Waals surface area contributed by atoms with Gasteiger partial charge < -0.3 is 14.6 Å². The molecular weight excluding hydrogens is 343 g/mol. The lowest BCUT2D eigenvalue weighted by molar-refractivity contribution is -0.147. The Hall–Kier alpha value is -1.20. The van der Waals surface area contributed by atoms with Gasteiger partial charge in [0, 0.05) is 12.3 Å². The topological polar surface area (TPSA) is 82.1 Å². The molecule has 2 atom stereocenters. The van der Waals surface area contributed by atoms with Crippen molar-refractivity contribution in [2.75, 3.05) is 19.8 Å². The molecule has 128 valence electrons. The molecule has 0 spiro atoms. The third kappa shape index (κ3) is 7.27. The summed E-state index contributed by atoms with van der Waals surface area (Å²) in [5, 5.41) is 9.49. The Balaban J connectivity index is 2.38. The Morgan fingerprint density at radius 2 is 2.04 bits per heavy atom. The number of carbonyl (C=O) groups excluding carboxylic acids is 1. The summed E-state index contributed by atoms with van der Waals surface area (Å²) >= 11 is 5.90. The van der Waals surface area contributed by atoms with E-state index in [1.807, 2.05) is 0 Å². The Morgan fingerprint density at radius 1 is 1.39 bits per heavy atom. The maximum absolute atomic E-state index is 11.9. The minimum absolute atomic E-state index is 0.0940. The lowest BCUT2D eigenvalue weighted by Gasteiger charge is -2.17. The van der Waals surface area contributed by atoms with E-state index in [0.717, 1.165) is 0 Å². The molecule has 0 aromatic heterocycles. The fourth-order valence-corrected chi connectivity index (χ4v) is 2.44. The number of ether oxygens (including phenoxy) is 2. The van der Waals surface area contributed by atoms with Crippen LogP contribution in [0.4, 0.5) is 0 Å². The summed E-state index contributed by atoms with van der Waals surface area (Å²) in [5.41, 5.74) is -0.512. The Kier molecular flexibility index (Phi) is 7.92. The predicted molar refractivity (Wildman–Crippen MR) is 86.9 cm³/mol. The Labute approximate surface area is 141 Å². The van der Waals surface area contributed by atoms with Crippen LogP contribution in [0.15, 0.2) is 24.3 Å². The first-order valence-corrected chi connectivity index (χ1v) is 8.64. The molecule has 0 saturated heterocycles. The zero-order valence-corrected chi connectivity index (χ0v) is 15.0. The minimum Gasteiger partial charge on any atom is -0.480 e. The van der Waals surface area contributed by atoms with E-state index in [4.69, 9.17) is 30.7 Å². The molecule has 0 fully saturated rings. The largest absolute Gasteiger partial charge is 0.553 e. The van der Waals surface area contributed by atoms with Crippen LogP contribution < -0.4 is 4.74 Å². The quantitative estimate of drug-likeness (QED) is 0.535. The molecule has 0 bridgehead atoms. The molecule has 1 aromatic rings. The number of carbonyl (C=O) groups is 1. The standard InChI is InChI=1S/C15H21ClO6P/c1-11(23(19)21-10-15(2,3)9-17)22-14(18)8-20-13-7-5-4-6-12(13)16/h4-7,11,17H,8-10H2,1-3H3/q+1. The maximum Gasteiger partial charge on any atom is 0.553 e. The first-order valence-electron chi connectivity index (χ1n) is 7.02. The van der Waals surface area contributed by atoms with Crippen molar-refractivity contribution in [2.24, 2.45) is 5.41 Å². The third-order valence-electron chi connectivity index (χ3n) is 2.79. The van der Waals surface area contributed by atoms with Gasteiger partial charge >= 0.3 is 19.8 Å². The fraction of sp³-hybridized carbons (Fsp3) is 0.533. The second-order valence-corrected chi connectivity index (χ2v) is 7.65. The van der Waals surface area contributed by atoms with Gasteiger partial charge in [-0.1, -0.05) is 37.6 Å². The van der Waals surface area contributed by atoms with Gasteiger partial charge in [0.15, 0.2) is 6.61 Å². The molecule has 1 N–H and O–H groups in total. The van der Waals surface area contributed by atoms with Gasteiger partial charge in [0.1, 0.15) is 12.4 Å². The summed E-state index contributed by atoms with van der Waals surface area (Å²) in [4.78, 5) is 11.7. The summed E-state index contributed by atoms with van der Waals surface area (Å²) in [6.45, 7) is 4.65. The van der Waals surface area contributed by atoms with Crippen LogP contribution in [0.2, 0.25) is 5.02 Å². The molecule has 23 heavy (non-hydrogen) atoms. The van der Waals surface area contributed by atoms with Crippen LogP contribution in [0.1, 0.15) is 20.8 Å². The molecule has 0 aliphatic rings. The molecule has 8 heteroatoms. The summed E-state index contributed by atoms with van der Waals surface area (Å²) in [6, 6.07) is 6.73. The van der Waals surface area contributed by atoms with Gasteiger partial charge in [0.25, 0.3) is 0 Å². The van der Waals surface area contributed by atoms with Gasteiger partial charge in [-0.25, -0.2) is 4.79 Å². The molecule has 0 aliphatic carbocycles. The third-order valence-corrected chi connectivity index (χ3v) is 4.19. The molecule has 0 heterocycles. The Morgan fingerprint density at radius 3 is 2.65 bits per heavy atom. The van der Waals surface area contributed by atoms with Gasteiger partial charge in [-0.2, -0.15) is 0 Å².